The molecule has 0 amide bonds. The van der Waals surface area contributed by atoms with Gasteiger partial charge in [0.15, 0.2) is 0 Å². The van der Waals surface area contributed by atoms with E-state index >= 15 is 0 Å². The number of carboxylic acid groups (broad SMARTS) is 2. The van der Waals surface area contributed by atoms with Crippen molar-refractivity contribution in [2.45, 2.75) is 24.9 Å². The highest BCUT2D eigenvalue weighted by Crippen LogP contribution is 2.33. The number of nitrogens with zero attached hydrogens (tertiary/aromatic N) is 5. The van der Waals surface area contributed by atoms with E-state index in [0.29, 0.717) is 36.7 Å². The summed E-state index contributed by atoms with van der Waals surface area (Å²) >= 11 is -5.22. The Hall–Kier alpha value is -5.22. The zero-order valence-corrected chi connectivity index (χ0v) is 30.9. The van der Waals surface area contributed by atoms with Gasteiger partial charge in [0.05, 0.1) is 48.7 Å². The minimum Gasteiger partial charge on any atom is -0.488 e. The second-order valence-electron chi connectivity index (χ2n) is 13.2. The van der Waals surface area contributed by atoms with Crippen LogP contribution in [0.2, 0.25) is 0 Å². The number of likely N-dealkylation sites (tertiary alicyclic amines) is 1. The van der Waals surface area contributed by atoms with Crippen LogP contribution in [0.15, 0.2) is 84.9 Å². The first-order chi connectivity index (χ1) is 26.8. The van der Waals surface area contributed by atoms with E-state index in [-0.39, 0.29) is 72.7 Å². The number of aromatic carboxylic acids is 2. The lowest BCUT2D eigenvalue weighted by molar-refractivity contribution is 0.0143. The molecule has 3 saturated heterocycles. The van der Waals surface area contributed by atoms with E-state index in [4.69, 9.17) is 14.2 Å². The van der Waals surface area contributed by atoms with E-state index < -0.39 is 46.1 Å². The van der Waals surface area contributed by atoms with Crippen LogP contribution in [0.4, 0.5) is 20.2 Å². The lowest BCUT2D eigenvalue weighted by Gasteiger charge is -2.44. The smallest absolute Gasteiger partial charge is 0.338 e. The van der Waals surface area contributed by atoms with Crippen molar-refractivity contribution in [1.82, 2.24) is 14.9 Å². The summed E-state index contributed by atoms with van der Waals surface area (Å²) in [5, 5.41) is 23.0. The van der Waals surface area contributed by atoms with E-state index in [0.717, 1.165) is 8.83 Å². The molecule has 0 radical (unpaired) electrons. The molecular formula is C36H35F2N5O11S2. The predicted molar refractivity (Wildman–Crippen MR) is 198 cm³/mol. The Morgan fingerprint density at radius 1 is 0.607 bits per heavy atom. The lowest BCUT2D eigenvalue weighted by atomic mass is 10.1. The average Bonchev–Trinajstić information content (AvgIpc) is 3.10. The number of anilines is 2. The molecule has 2 unspecified atom stereocenters. The molecule has 296 valence electrons. The number of hydrogen-bond acceptors (Lipinski definition) is 10. The maximum absolute atomic E-state index is 13.2. The molecule has 7 rings (SSSR count). The number of hydrogen-bond donors (Lipinski definition) is 4. The molecule has 16 nitrogen and oxygen atoms in total. The Morgan fingerprint density at radius 3 is 1.45 bits per heavy atom. The maximum Gasteiger partial charge on any atom is 0.338 e. The number of carboxylic acids is 2. The van der Waals surface area contributed by atoms with Crippen LogP contribution >= 0.6 is 0 Å². The van der Waals surface area contributed by atoms with Gasteiger partial charge in [0.2, 0.25) is 0 Å². The summed E-state index contributed by atoms with van der Waals surface area (Å²) in [5.74, 6) is -2.38. The van der Waals surface area contributed by atoms with Crippen molar-refractivity contribution < 1.29 is 60.3 Å². The molecule has 20 heteroatoms. The van der Waals surface area contributed by atoms with Crippen LogP contribution in [0.1, 0.15) is 26.3 Å². The molecule has 3 aliphatic rings. The van der Waals surface area contributed by atoms with Crippen molar-refractivity contribution in [3.8, 4) is 17.2 Å². The highest BCUT2D eigenvalue weighted by molar-refractivity contribution is 7.80. The third-order valence-corrected chi connectivity index (χ3v) is 10.7. The molecule has 0 aliphatic carbocycles. The molecule has 0 spiro atoms. The fraction of sp³-hybridized carbons (Fsp3) is 0.278. The Balaban J connectivity index is 0.942. The Kier molecular flexibility index (Phi) is 11.5. The number of carbonyl (C=O) groups is 2. The van der Waals surface area contributed by atoms with Crippen LogP contribution in [0.5, 0.6) is 17.2 Å². The molecule has 3 fully saturated rings. The standard InChI is InChI=1S/C36H35F2N5O11S2/c37-23-2-6-25(7-3-23)52-29-18-40(19-29)42(55(48)49)33-11-1-22(13-31(33)35(44)45)15-39-16-28(17-39)54-27-10-12-34(32(14-27)36(46)47)43(56(50)51)41-20-30(21-41)53-26-8-4-24(38)5-9-26/h1-14,28-30H,15-21H2,(H,44,45)(H,46,47)(H,48,49)(H,50,51). The molecule has 0 aromatic heterocycles. The molecule has 4 N–H and O–H groups in total. The predicted octanol–water partition coefficient (Wildman–Crippen LogP) is 3.87. The second kappa shape index (κ2) is 16.5. The monoisotopic (exact) mass is 815 g/mol. The van der Waals surface area contributed by atoms with Crippen molar-refractivity contribution in [1.29, 1.82) is 0 Å². The Morgan fingerprint density at radius 2 is 1.00 bits per heavy atom. The minimum atomic E-state index is -2.62. The summed E-state index contributed by atoms with van der Waals surface area (Å²) in [6.07, 6.45) is -1.09. The topological polar surface area (TPSA) is 193 Å². The van der Waals surface area contributed by atoms with Gasteiger partial charge in [-0.2, -0.15) is 18.8 Å². The highest BCUT2D eigenvalue weighted by Gasteiger charge is 2.39. The first kappa shape index (κ1) is 39.0. The van der Waals surface area contributed by atoms with Crippen molar-refractivity contribution >= 4 is 45.8 Å². The first-order valence-electron chi connectivity index (χ1n) is 17.1. The summed E-state index contributed by atoms with van der Waals surface area (Å²) in [5.41, 5.74) is 0.155. The minimum absolute atomic E-state index is 0.0145. The van der Waals surface area contributed by atoms with Crippen LogP contribution in [0, 0.1) is 11.6 Å². The fourth-order valence-electron chi connectivity index (χ4n) is 6.48. The average molecular weight is 816 g/mol. The van der Waals surface area contributed by atoms with Gasteiger partial charge in [-0.3, -0.25) is 14.0 Å². The van der Waals surface area contributed by atoms with E-state index in [1.807, 2.05) is 4.90 Å². The van der Waals surface area contributed by atoms with Gasteiger partial charge in [-0.15, -0.1) is 0 Å². The molecule has 3 aliphatic heterocycles. The van der Waals surface area contributed by atoms with E-state index in [9.17, 15) is 46.1 Å². The summed E-state index contributed by atoms with van der Waals surface area (Å²) in [6.45, 7) is 1.87. The third kappa shape index (κ3) is 8.76. The fourth-order valence-corrected chi connectivity index (χ4v) is 7.80. The molecule has 4 aromatic rings. The van der Waals surface area contributed by atoms with Crippen LogP contribution < -0.4 is 23.0 Å². The molecule has 0 saturated carbocycles. The number of benzene rings is 4. The number of halogens is 2. The van der Waals surface area contributed by atoms with E-state index in [1.165, 1.54) is 88.9 Å². The van der Waals surface area contributed by atoms with Gasteiger partial charge in [-0.05, 0) is 84.4 Å². The van der Waals surface area contributed by atoms with Gasteiger partial charge in [-0.25, -0.2) is 26.8 Å². The lowest BCUT2D eigenvalue weighted by Crippen LogP contribution is -2.61. The van der Waals surface area contributed by atoms with E-state index in [1.54, 1.807) is 6.07 Å². The largest absolute Gasteiger partial charge is 0.488 e. The van der Waals surface area contributed by atoms with Crippen molar-refractivity contribution in [3.05, 3.63) is 113 Å². The molecule has 2 atom stereocenters. The van der Waals surface area contributed by atoms with Gasteiger partial charge in [-0.1, -0.05) is 6.07 Å². The molecule has 3 heterocycles. The second-order valence-corrected chi connectivity index (χ2v) is 14.8. The SMILES string of the molecule is O=C(O)c1cc(CN2CC(Oc3ccc(N(N4CC(Oc5ccc(F)cc5)C4)S(=O)O)c(C(=O)O)c3)C2)ccc1N(N1CC(Oc2ccc(F)cc2)C1)S(=O)O. The van der Waals surface area contributed by atoms with Crippen molar-refractivity contribution in [2.24, 2.45) is 0 Å². The van der Waals surface area contributed by atoms with Crippen LogP contribution in [-0.2, 0) is 29.1 Å². The Labute approximate surface area is 323 Å². The Bertz CT molecular complexity index is 1990. The first-order valence-corrected chi connectivity index (χ1v) is 19.2. The molecule has 56 heavy (non-hydrogen) atoms. The van der Waals surface area contributed by atoms with Gasteiger partial charge in [0, 0.05) is 19.6 Å². The normalized spacial score (nSPS) is 17.9. The third-order valence-electron chi connectivity index (χ3n) is 9.23. The summed E-state index contributed by atoms with van der Waals surface area (Å²) in [7, 11) is 0. The highest BCUT2D eigenvalue weighted by atomic mass is 32.2. The van der Waals surface area contributed by atoms with Crippen molar-refractivity contribution in [2.75, 3.05) is 48.1 Å². The summed E-state index contributed by atoms with van der Waals surface area (Å²) in [4.78, 5) is 26.6. The number of rotatable bonds is 16. The zero-order chi connectivity index (χ0) is 39.7. The van der Waals surface area contributed by atoms with Crippen LogP contribution in [0.3, 0.4) is 0 Å². The van der Waals surface area contributed by atoms with E-state index in [2.05, 4.69) is 0 Å². The quantitative estimate of drug-likeness (QED) is 0.119. The van der Waals surface area contributed by atoms with Gasteiger partial charge in [0.25, 0.3) is 22.5 Å². The van der Waals surface area contributed by atoms with Crippen LogP contribution in [-0.4, -0.2) is 112 Å². The van der Waals surface area contributed by atoms with Crippen molar-refractivity contribution in [3.63, 3.8) is 0 Å². The molecule has 0 bridgehead atoms. The van der Waals surface area contributed by atoms with Gasteiger partial charge >= 0.3 is 11.9 Å². The molecule has 4 aromatic carbocycles. The number of ether oxygens (including phenoxy) is 3. The maximum atomic E-state index is 13.2. The molecular weight excluding hydrogens is 781 g/mol. The summed E-state index contributed by atoms with van der Waals surface area (Å²) in [6, 6.07) is 19.6. The summed E-state index contributed by atoms with van der Waals surface area (Å²) < 4.78 is 91.0. The number of hydrazine groups is 2. The zero-order valence-electron chi connectivity index (χ0n) is 29.2. The van der Waals surface area contributed by atoms with Gasteiger partial charge in [0.1, 0.15) is 47.2 Å². The van der Waals surface area contributed by atoms with Crippen LogP contribution in [0.25, 0.3) is 0 Å². The van der Waals surface area contributed by atoms with Gasteiger partial charge < -0.3 is 24.4 Å².